The summed E-state index contributed by atoms with van der Waals surface area (Å²) >= 11 is -0.131. The fourth-order valence-electron chi connectivity index (χ4n) is 4.45. The molecule has 1 aliphatic heterocycles. The molecule has 0 bridgehead atoms. The van der Waals surface area contributed by atoms with E-state index in [1.807, 2.05) is 42.5 Å². The predicted molar refractivity (Wildman–Crippen MR) is 143 cm³/mol. The van der Waals surface area contributed by atoms with E-state index in [4.69, 9.17) is 4.74 Å². The Bertz CT molecular complexity index is 1300. The maximum atomic E-state index is 13.7. The molecule has 5 nitrogen and oxygen atoms in total. The molecule has 0 atom stereocenters. The van der Waals surface area contributed by atoms with Gasteiger partial charge in [0, 0.05) is 0 Å². The van der Waals surface area contributed by atoms with Crippen molar-refractivity contribution in [2.75, 3.05) is 26.2 Å². The maximum absolute atomic E-state index is 13.7. The van der Waals surface area contributed by atoms with E-state index in [0.717, 1.165) is 45.0 Å². The van der Waals surface area contributed by atoms with Crippen molar-refractivity contribution >= 4 is 42.3 Å². The fraction of sp³-hybridized carbons (Fsp3) is 0.250. The quantitative estimate of drug-likeness (QED) is 0.233. The molecule has 0 spiro atoms. The van der Waals surface area contributed by atoms with Crippen LogP contribution in [-0.4, -0.2) is 61.6 Å². The second kappa shape index (κ2) is 11.3. The van der Waals surface area contributed by atoms with Crippen LogP contribution in [0, 0.1) is 0 Å². The van der Waals surface area contributed by atoms with Gasteiger partial charge in [-0.2, -0.15) is 0 Å². The number of phenolic OH excluding ortho intramolecular Hbond substituents is 2. The molecule has 2 heterocycles. The molecule has 1 fully saturated rings. The molecule has 1 saturated heterocycles. The minimum atomic E-state index is -0.131. The molecule has 1 aromatic heterocycles. The van der Waals surface area contributed by atoms with Crippen molar-refractivity contribution in [1.29, 1.82) is 0 Å². The van der Waals surface area contributed by atoms with Gasteiger partial charge in [0.1, 0.15) is 0 Å². The monoisotopic (exact) mass is 557 g/mol. The van der Waals surface area contributed by atoms with Crippen molar-refractivity contribution in [3.8, 4) is 27.2 Å². The van der Waals surface area contributed by atoms with Crippen LogP contribution in [0.4, 0.5) is 0 Å². The number of hydrogen-bond acceptors (Lipinski definition) is 5. The van der Waals surface area contributed by atoms with E-state index in [2.05, 4.69) is 4.90 Å². The molecule has 0 unspecified atom stereocenters. The topological polar surface area (TPSA) is 70.0 Å². The van der Waals surface area contributed by atoms with Gasteiger partial charge >= 0.3 is 186 Å². The number of likely N-dealkylation sites (tertiary alicyclic amines) is 1. The molecule has 0 radical (unpaired) electrons. The first kappa shape index (κ1) is 25.3. The number of ketones is 1. The van der Waals surface area contributed by atoms with E-state index < -0.39 is 0 Å². The van der Waals surface area contributed by atoms with Crippen LogP contribution in [0.1, 0.15) is 35.2 Å². The first-order valence-electron chi connectivity index (χ1n) is 11.6. The minimum absolute atomic E-state index is 0. The summed E-state index contributed by atoms with van der Waals surface area (Å²) in [5.41, 5.74) is 2.18. The van der Waals surface area contributed by atoms with Gasteiger partial charge in [0.25, 0.3) is 0 Å². The Morgan fingerprint density at radius 2 is 1.57 bits per heavy atom. The molecular formula is C28H28ClNO4Se. The summed E-state index contributed by atoms with van der Waals surface area (Å²) in [6.07, 6.45) is 3.86. The number of nitrogens with zero attached hydrogens (tertiary/aromatic N) is 1. The summed E-state index contributed by atoms with van der Waals surface area (Å²) in [7, 11) is 0. The van der Waals surface area contributed by atoms with Crippen LogP contribution in [0.3, 0.4) is 0 Å². The Hall–Kier alpha value is -2.76. The Morgan fingerprint density at radius 1 is 0.886 bits per heavy atom. The van der Waals surface area contributed by atoms with Gasteiger partial charge < -0.3 is 0 Å². The summed E-state index contributed by atoms with van der Waals surface area (Å²) in [6.45, 7) is 3.87. The first-order valence-corrected chi connectivity index (χ1v) is 13.3. The molecule has 2 N–H and O–H groups in total. The number of piperidine rings is 1. The number of benzene rings is 3. The van der Waals surface area contributed by atoms with E-state index in [0.29, 0.717) is 17.7 Å². The van der Waals surface area contributed by atoms with E-state index in [9.17, 15) is 15.0 Å². The number of aromatic hydroxyl groups is 2. The second-order valence-electron chi connectivity index (χ2n) is 8.64. The van der Waals surface area contributed by atoms with Crippen molar-refractivity contribution in [3.05, 3.63) is 77.9 Å². The van der Waals surface area contributed by atoms with E-state index in [1.165, 1.54) is 19.3 Å². The van der Waals surface area contributed by atoms with Crippen LogP contribution < -0.4 is 4.74 Å². The van der Waals surface area contributed by atoms with E-state index >= 15 is 0 Å². The molecule has 0 saturated carbocycles. The third-order valence-electron chi connectivity index (χ3n) is 6.27. The average molecular weight is 557 g/mol. The zero-order valence-electron chi connectivity index (χ0n) is 19.3. The zero-order valence-corrected chi connectivity index (χ0v) is 21.8. The molecule has 1 aliphatic rings. The number of halogens is 1. The van der Waals surface area contributed by atoms with Gasteiger partial charge in [-0.15, -0.1) is 12.4 Å². The number of hydrogen-bond donors (Lipinski definition) is 2. The number of carbonyl (C=O) groups excluding carboxylic acids is 1. The molecule has 35 heavy (non-hydrogen) atoms. The second-order valence-corrected chi connectivity index (χ2v) is 10.8. The summed E-state index contributed by atoms with van der Waals surface area (Å²) in [6, 6.07) is 19.5. The molecule has 0 aliphatic carbocycles. The third-order valence-corrected chi connectivity index (χ3v) is 8.79. The van der Waals surface area contributed by atoms with Crippen LogP contribution in [0.25, 0.3) is 19.6 Å². The normalized spacial score (nSPS) is 13.9. The fourth-order valence-corrected chi connectivity index (χ4v) is 7.05. The Kier molecular flexibility index (Phi) is 8.19. The summed E-state index contributed by atoms with van der Waals surface area (Å²) in [5.74, 6) is 1.11. The zero-order chi connectivity index (χ0) is 23.5. The molecule has 0 amide bonds. The van der Waals surface area contributed by atoms with Crippen LogP contribution in [0.5, 0.6) is 17.2 Å². The van der Waals surface area contributed by atoms with Crippen molar-refractivity contribution in [2.24, 2.45) is 0 Å². The molecule has 4 aromatic rings. The molecule has 3 aromatic carbocycles. The van der Waals surface area contributed by atoms with Crippen molar-refractivity contribution < 1.29 is 19.7 Å². The van der Waals surface area contributed by atoms with Crippen molar-refractivity contribution in [1.82, 2.24) is 4.90 Å². The number of carbonyl (C=O) groups is 1. The van der Waals surface area contributed by atoms with Crippen LogP contribution in [0.15, 0.2) is 66.7 Å². The molecule has 182 valence electrons. The van der Waals surface area contributed by atoms with E-state index in [1.54, 1.807) is 24.3 Å². The van der Waals surface area contributed by atoms with Crippen molar-refractivity contribution in [3.63, 3.8) is 0 Å². The van der Waals surface area contributed by atoms with Crippen LogP contribution in [-0.2, 0) is 0 Å². The van der Waals surface area contributed by atoms with Crippen LogP contribution in [0.2, 0.25) is 0 Å². The Balaban J connectivity index is 0.00000289. The number of ether oxygens (including phenoxy) is 1. The van der Waals surface area contributed by atoms with Gasteiger partial charge in [0.05, 0.1) is 0 Å². The first-order chi connectivity index (χ1) is 16.6. The van der Waals surface area contributed by atoms with Gasteiger partial charge in [0.15, 0.2) is 0 Å². The summed E-state index contributed by atoms with van der Waals surface area (Å²) in [5, 5.41) is 20.5. The molecule has 7 heteroatoms. The van der Waals surface area contributed by atoms with Crippen LogP contribution >= 0.6 is 12.4 Å². The van der Waals surface area contributed by atoms with Gasteiger partial charge in [-0.25, -0.2) is 0 Å². The average Bonchev–Trinajstić information content (AvgIpc) is 3.23. The van der Waals surface area contributed by atoms with Gasteiger partial charge in [-0.3, -0.25) is 0 Å². The molecule has 5 rings (SSSR count). The Morgan fingerprint density at radius 3 is 2.29 bits per heavy atom. The number of phenols is 2. The molecular weight excluding hydrogens is 529 g/mol. The number of fused-ring (bicyclic) bond motifs is 1. The van der Waals surface area contributed by atoms with Gasteiger partial charge in [0.2, 0.25) is 0 Å². The van der Waals surface area contributed by atoms with Gasteiger partial charge in [-0.1, -0.05) is 6.42 Å². The standard InChI is InChI=1S/C28H27NO4Se.ClH/c30-21-8-4-20(5-9-21)28-26(24-13-10-22(31)18-25(24)34-28)27(32)19-6-11-23(12-7-19)33-17-16-29-14-2-1-3-15-29;/h4-13,18,30-31H,1-3,14-17H2;1H. The number of rotatable bonds is 7. The third kappa shape index (κ3) is 5.74. The Labute approximate surface area is 217 Å². The SMILES string of the molecule is Cl.O=C(c1ccc(OCCN2CCCCC2)cc1)c1c(-c2ccc(O)cc2)[se]c2cc(O)ccc12. The van der Waals surface area contributed by atoms with E-state index in [-0.39, 0.29) is 44.2 Å². The van der Waals surface area contributed by atoms with Crippen molar-refractivity contribution in [2.45, 2.75) is 19.3 Å². The summed E-state index contributed by atoms with van der Waals surface area (Å²) < 4.78 is 7.87. The van der Waals surface area contributed by atoms with Gasteiger partial charge in [-0.05, 0) is 12.8 Å². The predicted octanol–water partition coefficient (Wildman–Crippen LogP) is 5.49. The summed E-state index contributed by atoms with van der Waals surface area (Å²) in [4.78, 5) is 16.1.